The Balaban J connectivity index is 0. The first-order valence-corrected chi connectivity index (χ1v) is 11.5. The Kier molecular flexibility index (Phi) is 15.6. The molecule has 0 bridgehead atoms. The Morgan fingerprint density at radius 2 is 1.63 bits per heavy atom. The molecule has 1 aliphatic heterocycles. The molecule has 2 aliphatic rings. The van der Waals surface area contributed by atoms with Gasteiger partial charge in [0.2, 0.25) is 0 Å². The molecule has 1 heterocycles. The molecule has 0 spiro atoms. The van der Waals surface area contributed by atoms with Crippen molar-refractivity contribution >= 4 is 22.6 Å². The molecule has 0 saturated carbocycles. The minimum Gasteiger partial charge on any atom is -0.870 e. The van der Waals surface area contributed by atoms with Gasteiger partial charge in [-0.05, 0) is 69.5 Å². The molecule has 0 aromatic heterocycles. The average molecular weight is 696 g/mol. The summed E-state index contributed by atoms with van der Waals surface area (Å²) in [6.45, 7) is 11.9. The maximum Gasteiger partial charge on any atom is 2.00 e. The van der Waals surface area contributed by atoms with Crippen LogP contribution in [0.2, 0.25) is 0 Å². The number of nitrogens with one attached hydrogen (secondary N) is 1. The molecule has 10 heteroatoms. The van der Waals surface area contributed by atoms with Gasteiger partial charge in [0.05, 0.1) is 17.5 Å². The summed E-state index contributed by atoms with van der Waals surface area (Å²) in [5, 5.41) is 5.28. The van der Waals surface area contributed by atoms with E-state index in [0.29, 0.717) is 18.7 Å². The quantitative estimate of drug-likeness (QED) is 0.231. The first kappa shape index (κ1) is 37.1. The van der Waals surface area contributed by atoms with Crippen LogP contribution in [-0.2, 0) is 25.8 Å². The predicted octanol–water partition coefficient (Wildman–Crippen LogP) is 4.35. The normalized spacial score (nSPS) is 10.3. The van der Waals surface area contributed by atoms with E-state index in [2.05, 4.69) is 43.2 Å². The molecule has 7 N–H and O–H groups in total. The van der Waals surface area contributed by atoms with E-state index in [4.69, 9.17) is 9.15 Å². The van der Waals surface area contributed by atoms with Gasteiger partial charge in [-0.1, -0.05) is 18.2 Å². The van der Waals surface area contributed by atoms with Crippen LogP contribution in [0.3, 0.4) is 0 Å². The summed E-state index contributed by atoms with van der Waals surface area (Å²) in [5.41, 5.74) is 7.25. The van der Waals surface area contributed by atoms with Gasteiger partial charge in [0.25, 0.3) is 0 Å². The number of carbonyl (C=O) groups excluding carboxylic acids is 1. The fraction of sp³-hybridized carbons (Fsp3) is 0.286. The minimum atomic E-state index is -0.328. The van der Waals surface area contributed by atoms with E-state index < -0.39 is 0 Å². The van der Waals surface area contributed by atoms with Gasteiger partial charge < -0.3 is 36.4 Å². The van der Waals surface area contributed by atoms with Crippen molar-refractivity contribution in [2.24, 2.45) is 4.99 Å². The molecule has 206 valence electrons. The van der Waals surface area contributed by atoms with Crippen LogP contribution in [0.15, 0.2) is 57.9 Å². The summed E-state index contributed by atoms with van der Waals surface area (Å²) in [6, 6.07) is 15.9. The van der Waals surface area contributed by atoms with Gasteiger partial charge in [-0.15, -0.1) is 0 Å². The molecule has 2 aromatic carbocycles. The van der Waals surface area contributed by atoms with E-state index in [-0.39, 0.29) is 48.9 Å². The molecule has 0 amide bonds. The van der Waals surface area contributed by atoms with Crippen molar-refractivity contribution in [2.45, 2.75) is 34.6 Å². The number of anilines is 1. The SMILES string of the molecule is CCN=c1cc2oc3cc(NCC)c(C)cc3c(-c3ccccc3C(=O)OCC)c-2cc1C.O.O.[OH-].[OH-].[W+2]. The Hall–Kier alpha value is -3.07. The van der Waals surface area contributed by atoms with Gasteiger partial charge in [0.1, 0.15) is 11.3 Å². The van der Waals surface area contributed by atoms with E-state index in [1.54, 1.807) is 0 Å². The van der Waals surface area contributed by atoms with E-state index in [9.17, 15) is 4.79 Å². The number of hydrogen-bond acceptors (Lipinski definition) is 7. The first-order valence-electron chi connectivity index (χ1n) is 11.5. The largest absolute Gasteiger partial charge is 2.00 e. The van der Waals surface area contributed by atoms with Crippen LogP contribution in [0.25, 0.3) is 33.4 Å². The van der Waals surface area contributed by atoms with E-state index in [0.717, 1.165) is 62.1 Å². The molecule has 0 radical (unpaired) electrons. The number of nitrogens with zero attached hydrogens (tertiary/aromatic N) is 1. The molecule has 1 aliphatic carbocycles. The van der Waals surface area contributed by atoms with Crippen molar-refractivity contribution in [1.29, 1.82) is 0 Å². The zero-order chi connectivity index (χ0) is 23.5. The molecule has 0 saturated heterocycles. The Morgan fingerprint density at radius 3 is 2.26 bits per heavy atom. The second kappa shape index (κ2) is 16.0. The zero-order valence-electron chi connectivity index (χ0n) is 22.2. The molecule has 4 rings (SSSR count). The molecule has 2 aromatic rings. The Bertz CT molecular complexity index is 1390. The minimum absolute atomic E-state index is 0. The first-order chi connectivity index (χ1) is 16.0. The molecule has 38 heavy (non-hydrogen) atoms. The number of ether oxygens (including phenoxy) is 1. The third-order valence-corrected chi connectivity index (χ3v) is 5.77. The van der Waals surface area contributed by atoms with Crippen molar-refractivity contribution < 1.29 is 56.9 Å². The van der Waals surface area contributed by atoms with Crippen molar-refractivity contribution in [2.75, 3.05) is 25.0 Å². The van der Waals surface area contributed by atoms with Crippen molar-refractivity contribution in [3.05, 3.63) is 70.6 Å². The molecule has 9 nitrogen and oxygen atoms in total. The Morgan fingerprint density at radius 1 is 0.947 bits per heavy atom. The van der Waals surface area contributed by atoms with Crippen molar-refractivity contribution in [3.8, 4) is 22.5 Å². The predicted molar refractivity (Wildman–Crippen MR) is 145 cm³/mol. The zero-order valence-corrected chi connectivity index (χ0v) is 25.1. The van der Waals surface area contributed by atoms with Crippen LogP contribution in [0, 0.1) is 13.8 Å². The maximum absolute atomic E-state index is 12.9. The summed E-state index contributed by atoms with van der Waals surface area (Å²) in [6.07, 6.45) is 0. The summed E-state index contributed by atoms with van der Waals surface area (Å²) in [4.78, 5) is 17.5. The molecule has 0 fully saturated rings. The van der Waals surface area contributed by atoms with Crippen LogP contribution < -0.4 is 10.7 Å². The average Bonchev–Trinajstić information content (AvgIpc) is 2.80. The number of esters is 1. The van der Waals surface area contributed by atoms with Crippen molar-refractivity contribution in [3.63, 3.8) is 0 Å². The second-order valence-corrected chi connectivity index (χ2v) is 8.05. The number of aryl methyl sites for hydroxylation is 2. The molecule has 0 atom stereocenters. The van der Waals surface area contributed by atoms with Gasteiger partial charge in [-0.2, -0.15) is 0 Å². The van der Waals surface area contributed by atoms with Gasteiger partial charge in [0, 0.05) is 47.4 Å². The topological polar surface area (TPSA) is 187 Å². The van der Waals surface area contributed by atoms with Crippen LogP contribution in [0.1, 0.15) is 42.3 Å². The summed E-state index contributed by atoms with van der Waals surface area (Å²) < 4.78 is 11.8. The smallest absolute Gasteiger partial charge is 0.870 e. The van der Waals surface area contributed by atoms with Crippen LogP contribution in [-0.4, -0.2) is 47.6 Å². The van der Waals surface area contributed by atoms with E-state index >= 15 is 0 Å². The number of benzene rings is 3. The van der Waals surface area contributed by atoms with Gasteiger partial charge >= 0.3 is 27.0 Å². The van der Waals surface area contributed by atoms with Gasteiger partial charge in [-0.3, -0.25) is 4.99 Å². The maximum atomic E-state index is 12.9. The fourth-order valence-electron chi connectivity index (χ4n) is 4.29. The monoisotopic (exact) mass is 696 g/mol. The van der Waals surface area contributed by atoms with Crippen molar-refractivity contribution in [1.82, 2.24) is 0 Å². The van der Waals surface area contributed by atoms with E-state index in [1.165, 1.54) is 0 Å². The third kappa shape index (κ3) is 7.07. The number of rotatable bonds is 6. The summed E-state index contributed by atoms with van der Waals surface area (Å²) in [7, 11) is 0. The Labute approximate surface area is 236 Å². The number of hydrogen-bond donors (Lipinski definition) is 1. The second-order valence-electron chi connectivity index (χ2n) is 8.05. The number of fused-ring (bicyclic) bond motifs is 2. The standard InChI is InChI=1S/C28H30N2O3.4H2O.W/c1-6-29-23-15-25-21(13-17(23)4)27(19-11-9-10-12-20(19)28(31)32-8-3)22-14-18(5)24(30-7-2)16-26(22)33-25;;;;;/h9-16,29H,6-8H2,1-5H3;4*1H2;/q;;;;;+2/p-2. The number of carbonyl (C=O) groups is 1. The van der Waals surface area contributed by atoms with Crippen LogP contribution in [0.5, 0.6) is 0 Å². The molecular formula is C28H36N2O7W. The van der Waals surface area contributed by atoms with Crippen LogP contribution >= 0.6 is 0 Å². The summed E-state index contributed by atoms with van der Waals surface area (Å²) in [5.74, 6) is 0.408. The van der Waals surface area contributed by atoms with Gasteiger partial charge in [-0.25, -0.2) is 4.79 Å². The van der Waals surface area contributed by atoms with E-state index in [1.807, 2.05) is 50.2 Å². The molecular weight excluding hydrogens is 660 g/mol. The van der Waals surface area contributed by atoms with Crippen LogP contribution in [0.4, 0.5) is 5.69 Å². The summed E-state index contributed by atoms with van der Waals surface area (Å²) >= 11 is 0. The molecule has 0 unspecified atom stereocenters. The third-order valence-electron chi connectivity index (χ3n) is 5.77. The van der Waals surface area contributed by atoms with Gasteiger partial charge in [0.15, 0.2) is 0 Å². The fourth-order valence-corrected chi connectivity index (χ4v) is 4.29.